The first-order valence-corrected chi connectivity index (χ1v) is 8.06. The number of rotatable bonds is 8. The van der Waals surface area contributed by atoms with Gasteiger partial charge in [0.2, 0.25) is 5.91 Å². The number of carbonyl (C=O) groups is 2. The standard InChI is InChI=1S/C19H18ClNO4/c20-17-4-2-1-3-15(17)13-25-16-8-5-14(6-9-16)7-10-18(22)21-12-11-19(23)24/h1-10H,11-13H2,(H,21,22)(H,23,24)/b10-7+. The van der Waals surface area contributed by atoms with E-state index in [-0.39, 0.29) is 18.9 Å². The van der Waals surface area contributed by atoms with E-state index in [0.29, 0.717) is 17.4 Å². The lowest BCUT2D eigenvalue weighted by Crippen LogP contribution is -2.23. The van der Waals surface area contributed by atoms with Gasteiger partial charge in [-0.25, -0.2) is 0 Å². The van der Waals surface area contributed by atoms with Crippen molar-refractivity contribution in [3.05, 3.63) is 70.8 Å². The molecule has 0 radical (unpaired) electrons. The van der Waals surface area contributed by atoms with Crippen molar-refractivity contribution < 1.29 is 19.4 Å². The highest BCUT2D eigenvalue weighted by Gasteiger charge is 2.01. The maximum absolute atomic E-state index is 11.5. The number of carbonyl (C=O) groups excluding carboxylic acids is 1. The van der Waals surface area contributed by atoms with Crippen LogP contribution in [0, 0.1) is 0 Å². The smallest absolute Gasteiger partial charge is 0.305 e. The average Bonchev–Trinajstić information content (AvgIpc) is 2.60. The topological polar surface area (TPSA) is 75.6 Å². The van der Waals surface area contributed by atoms with Crippen molar-refractivity contribution in [2.75, 3.05) is 6.54 Å². The van der Waals surface area contributed by atoms with Crippen molar-refractivity contribution in [3.8, 4) is 5.75 Å². The second-order valence-corrected chi connectivity index (χ2v) is 5.62. The maximum atomic E-state index is 11.5. The SMILES string of the molecule is O=C(O)CCNC(=O)/C=C/c1ccc(OCc2ccccc2Cl)cc1. The van der Waals surface area contributed by atoms with Crippen LogP contribution in [0.3, 0.4) is 0 Å². The monoisotopic (exact) mass is 359 g/mol. The second-order valence-electron chi connectivity index (χ2n) is 5.22. The van der Waals surface area contributed by atoms with Gasteiger partial charge in [0.1, 0.15) is 12.4 Å². The Morgan fingerprint density at radius 1 is 1.12 bits per heavy atom. The Morgan fingerprint density at radius 2 is 1.84 bits per heavy atom. The van der Waals surface area contributed by atoms with Crippen LogP contribution in [0.15, 0.2) is 54.6 Å². The van der Waals surface area contributed by atoms with Gasteiger partial charge >= 0.3 is 5.97 Å². The predicted molar refractivity (Wildman–Crippen MR) is 96.5 cm³/mol. The fraction of sp³-hybridized carbons (Fsp3) is 0.158. The Morgan fingerprint density at radius 3 is 2.52 bits per heavy atom. The molecule has 0 heterocycles. The van der Waals surface area contributed by atoms with Crippen molar-refractivity contribution in [2.24, 2.45) is 0 Å². The fourth-order valence-corrected chi connectivity index (χ4v) is 2.17. The highest BCUT2D eigenvalue weighted by atomic mass is 35.5. The zero-order valence-electron chi connectivity index (χ0n) is 13.4. The lowest BCUT2D eigenvalue weighted by Gasteiger charge is -2.07. The number of carboxylic acid groups (broad SMARTS) is 1. The Kier molecular flexibility index (Phi) is 7.04. The van der Waals surface area contributed by atoms with Crippen LogP contribution >= 0.6 is 11.6 Å². The van der Waals surface area contributed by atoms with E-state index in [0.717, 1.165) is 11.1 Å². The molecule has 130 valence electrons. The largest absolute Gasteiger partial charge is 0.489 e. The quantitative estimate of drug-likeness (QED) is 0.707. The van der Waals surface area contributed by atoms with E-state index in [9.17, 15) is 9.59 Å². The summed E-state index contributed by atoms with van der Waals surface area (Å²) in [5, 5.41) is 11.7. The number of halogens is 1. The summed E-state index contributed by atoms with van der Waals surface area (Å²) in [4.78, 5) is 21.9. The Bertz CT molecular complexity index is 756. The number of hydrogen-bond donors (Lipinski definition) is 2. The predicted octanol–water partition coefficient (Wildman–Crippen LogP) is 3.52. The van der Waals surface area contributed by atoms with Gasteiger partial charge in [-0.05, 0) is 29.8 Å². The van der Waals surface area contributed by atoms with Gasteiger partial charge in [-0.1, -0.05) is 41.9 Å². The van der Waals surface area contributed by atoms with Gasteiger partial charge in [0.25, 0.3) is 0 Å². The zero-order valence-corrected chi connectivity index (χ0v) is 14.2. The third kappa shape index (κ3) is 6.69. The van der Waals surface area contributed by atoms with Crippen molar-refractivity contribution in [1.29, 1.82) is 0 Å². The Hall–Kier alpha value is -2.79. The molecule has 0 spiro atoms. The van der Waals surface area contributed by atoms with Crippen LogP contribution in [-0.4, -0.2) is 23.5 Å². The molecule has 1 amide bonds. The van der Waals surface area contributed by atoms with Crippen LogP contribution in [-0.2, 0) is 16.2 Å². The van der Waals surface area contributed by atoms with Crippen LogP contribution in [0.25, 0.3) is 6.08 Å². The molecule has 25 heavy (non-hydrogen) atoms. The molecule has 2 aromatic carbocycles. The number of nitrogens with one attached hydrogen (secondary N) is 1. The summed E-state index contributed by atoms with van der Waals surface area (Å²) in [5.41, 5.74) is 1.74. The molecular formula is C19H18ClNO4. The molecule has 0 fully saturated rings. The minimum atomic E-state index is -0.948. The van der Waals surface area contributed by atoms with Crippen LogP contribution in [0.5, 0.6) is 5.75 Å². The number of benzene rings is 2. The van der Waals surface area contributed by atoms with Gasteiger partial charge in [-0.2, -0.15) is 0 Å². The Balaban J connectivity index is 1.83. The van der Waals surface area contributed by atoms with Crippen molar-refractivity contribution >= 4 is 29.6 Å². The lowest BCUT2D eigenvalue weighted by molar-refractivity contribution is -0.136. The maximum Gasteiger partial charge on any atom is 0.305 e. The molecular weight excluding hydrogens is 342 g/mol. The molecule has 0 saturated heterocycles. The second kappa shape index (κ2) is 9.49. The van der Waals surface area contributed by atoms with Gasteiger partial charge in [0.15, 0.2) is 0 Å². The van der Waals surface area contributed by atoms with Crippen molar-refractivity contribution in [2.45, 2.75) is 13.0 Å². The lowest BCUT2D eigenvalue weighted by atomic mass is 10.2. The third-order valence-corrected chi connectivity index (χ3v) is 3.67. The normalized spacial score (nSPS) is 10.6. The molecule has 0 aromatic heterocycles. The highest BCUT2D eigenvalue weighted by molar-refractivity contribution is 6.31. The summed E-state index contributed by atoms with van der Waals surface area (Å²) < 4.78 is 5.69. The molecule has 0 saturated carbocycles. The summed E-state index contributed by atoms with van der Waals surface area (Å²) in [5.74, 6) is -0.583. The number of aliphatic carboxylic acids is 1. The van der Waals surface area contributed by atoms with Gasteiger partial charge in [-0.3, -0.25) is 9.59 Å². The van der Waals surface area contributed by atoms with E-state index in [2.05, 4.69) is 5.32 Å². The van der Waals surface area contributed by atoms with Crippen LogP contribution in [0.4, 0.5) is 0 Å². The minimum absolute atomic E-state index is 0.100. The van der Waals surface area contributed by atoms with Gasteiger partial charge in [0, 0.05) is 23.2 Å². The summed E-state index contributed by atoms with van der Waals surface area (Å²) >= 11 is 6.08. The first-order chi connectivity index (χ1) is 12.0. The molecule has 0 aliphatic carbocycles. The number of amides is 1. The first-order valence-electron chi connectivity index (χ1n) is 7.68. The summed E-state index contributed by atoms with van der Waals surface area (Å²) in [6, 6.07) is 14.7. The van der Waals surface area contributed by atoms with Crippen LogP contribution in [0.1, 0.15) is 17.5 Å². The molecule has 0 atom stereocenters. The summed E-state index contributed by atoms with van der Waals surface area (Å²) in [7, 11) is 0. The van der Waals surface area contributed by atoms with Gasteiger partial charge < -0.3 is 15.2 Å². The highest BCUT2D eigenvalue weighted by Crippen LogP contribution is 2.19. The summed E-state index contributed by atoms with van der Waals surface area (Å²) in [6.45, 7) is 0.480. The molecule has 2 rings (SSSR count). The molecule has 2 N–H and O–H groups in total. The fourth-order valence-electron chi connectivity index (χ4n) is 1.98. The third-order valence-electron chi connectivity index (χ3n) is 3.30. The van der Waals surface area contributed by atoms with Crippen molar-refractivity contribution in [3.63, 3.8) is 0 Å². The molecule has 2 aromatic rings. The van der Waals surface area contributed by atoms with E-state index in [1.165, 1.54) is 6.08 Å². The molecule has 0 unspecified atom stereocenters. The van der Waals surface area contributed by atoms with Gasteiger partial charge in [0.05, 0.1) is 6.42 Å². The number of carboxylic acids is 1. The van der Waals surface area contributed by atoms with E-state index < -0.39 is 5.97 Å². The number of hydrogen-bond acceptors (Lipinski definition) is 3. The first kappa shape index (κ1) is 18.5. The van der Waals surface area contributed by atoms with Crippen LogP contribution < -0.4 is 10.1 Å². The van der Waals surface area contributed by atoms with Gasteiger partial charge in [-0.15, -0.1) is 0 Å². The van der Waals surface area contributed by atoms with E-state index in [4.69, 9.17) is 21.4 Å². The van der Waals surface area contributed by atoms with E-state index in [1.54, 1.807) is 18.2 Å². The summed E-state index contributed by atoms with van der Waals surface area (Å²) in [6.07, 6.45) is 2.91. The zero-order chi connectivity index (χ0) is 18.1. The average molecular weight is 360 g/mol. The van der Waals surface area contributed by atoms with E-state index >= 15 is 0 Å². The molecule has 0 aliphatic heterocycles. The van der Waals surface area contributed by atoms with Crippen LogP contribution in [0.2, 0.25) is 5.02 Å². The molecule has 0 bridgehead atoms. The minimum Gasteiger partial charge on any atom is -0.489 e. The number of ether oxygens (including phenoxy) is 1. The van der Waals surface area contributed by atoms with E-state index in [1.807, 2.05) is 36.4 Å². The molecule has 0 aliphatic rings. The molecule has 6 heteroatoms. The van der Waals surface area contributed by atoms with Crippen molar-refractivity contribution in [1.82, 2.24) is 5.32 Å². The Labute approximate surface area is 150 Å². The molecule has 5 nitrogen and oxygen atoms in total.